The first-order valence-corrected chi connectivity index (χ1v) is 4.28. The first-order chi connectivity index (χ1) is 5.57. The van der Waals surface area contributed by atoms with E-state index in [9.17, 15) is 4.79 Å². The van der Waals surface area contributed by atoms with Crippen molar-refractivity contribution in [3.8, 4) is 0 Å². The van der Waals surface area contributed by atoms with Crippen LogP contribution in [0.3, 0.4) is 0 Å². The number of carbonyl (C=O) groups is 1. The molecule has 0 atom stereocenters. The molecule has 0 aliphatic rings. The van der Waals surface area contributed by atoms with Crippen molar-refractivity contribution in [3.05, 3.63) is 15.4 Å². The Morgan fingerprint density at radius 1 is 1.67 bits per heavy atom. The van der Waals surface area contributed by atoms with E-state index >= 15 is 0 Å². The number of hydrogen-bond donors (Lipinski definition) is 1. The molecule has 1 heterocycles. The summed E-state index contributed by atoms with van der Waals surface area (Å²) in [6.07, 6.45) is 0. The van der Waals surface area contributed by atoms with E-state index < -0.39 is 0 Å². The van der Waals surface area contributed by atoms with Crippen molar-refractivity contribution in [1.82, 2.24) is 4.57 Å². The van der Waals surface area contributed by atoms with Crippen molar-refractivity contribution in [3.63, 3.8) is 0 Å². The molecule has 1 amide bonds. The molecule has 5 heteroatoms. The van der Waals surface area contributed by atoms with E-state index in [1.54, 1.807) is 7.05 Å². The van der Waals surface area contributed by atoms with Gasteiger partial charge in [-0.1, -0.05) is 11.3 Å². The summed E-state index contributed by atoms with van der Waals surface area (Å²) < 4.78 is 1.85. The molecule has 0 bridgehead atoms. The number of rotatable bonds is 1. The summed E-state index contributed by atoms with van der Waals surface area (Å²) in [6, 6.07) is 0. The molecule has 0 fully saturated rings. The van der Waals surface area contributed by atoms with Crippen LogP contribution in [0.1, 0.15) is 15.4 Å². The fourth-order valence-electron chi connectivity index (χ4n) is 0.954. The third-order valence-electron chi connectivity index (χ3n) is 1.73. The lowest BCUT2D eigenvalue weighted by molar-refractivity contribution is 0.100. The third kappa shape index (κ3) is 1.27. The van der Waals surface area contributed by atoms with E-state index in [4.69, 9.17) is 5.73 Å². The monoisotopic (exact) mass is 185 g/mol. The fourth-order valence-corrected chi connectivity index (χ4v) is 1.89. The van der Waals surface area contributed by atoms with Gasteiger partial charge >= 0.3 is 0 Å². The van der Waals surface area contributed by atoms with Crippen LogP contribution in [0.5, 0.6) is 0 Å². The Kier molecular flexibility index (Phi) is 2.32. The second-order valence-corrected chi connectivity index (χ2v) is 3.42. The molecule has 2 N–H and O–H groups in total. The SMILES string of the molecule is CN=c1sc(C(N)=O)c(C)n1C. The molecule has 0 saturated carbocycles. The zero-order valence-corrected chi connectivity index (χ0v) is 8.10. The highest BCUT2D eigenvalue weighted by atomic mass is 32.1. The first kappa shape index (κ1) is 8.99. The summed E-state index contributed by atoms with van der Waals surface area (Å²) in [5.41, 5.74) is 6.04. The van der Waals surface area contributed by atoms with Gasteiger partial charge in [-0.25, -0.2) is 0 Å². The minimum atomic E-state index is -0.386. The van der Waals surface area contributed by atoms with E-state index in [0.29, 0.717) is 4.88 Å². The van der Waals surface area contributed by atoms with Gasteiger partial charge in [0.05, 0.1) is 0 Å². The van der Waals surface area contributed by atoms with Crippen molar-refractivity contribution >= 4 is 17.2 Å². The van der Waals surface area contributed by atoms with Gasteiger partial charge in [0.1, 0.15) is 4.88 Å². The molecule has 0 aliphatic carbocycles. The van der Waals surface area contributed by atoms with Crippen LogP contribution >= 0.6 is 11.3 Å². The molecule has 12 heavy (non-hydrogen) atoms. The summed E-state index contributed by atoms with van der Waals surface area (Å²) in [5.74, 6) is -0.386. The third-order valence-corrected chi connectivity index (χ3v) is 3.07. The number of hydrogen-bond acceptors (Lipinski definition) is 3. The van der Waals surface area contributed by atoms with Crippen LogP contribution in [0.4, 0.5) is 0 Å². The number of aromatic nitrogens is 1. The largest absolute Gasteiger partial charge is 0.365 e. The van der Waals surface area contributed by atoms with E-state index in [1.807, 2.05) is 18.5 Å². The Hall–Kier alpha value is -1.10. The Bertz CT molecular complexity index is 374. The molecule has 1 rings (SSSR count). The highest BCUT2D eigenvalue weighted by Crippen LogP contribution is 2.08. The lowest BCUT2D eigenvalue weighted by atomic mass is 10.4. The van der Waals surface area contributed by atoms with E-state index in [-0.39, 0.29) is 5.91 Å². The van der Waals surface area contributed by atoms with E-state index in [2.05, 4.69) is 4.99 Å². The topological polar surface area (TPSA) is 60.4 Å². The maximum absolute atomic E-state index is 10.9. The van der Waals surface area contributed by atoms with E-state index in [0.717, 1.165) is 10.5 Å². The Morgan fingerprint density at radius 3 is 2.50 bits per heavy atom. The molecule has 1 aromatic rings. The lowest BCUT2D eigenvalue weighted by Gasteiger charge is -1.94. The molecule has 66 valence electrons. The molecule has 0 unspecified atom stereocenters. The number of primary amides is 1. The highest BCUT2D eigenvalue weighted by Gasteiger charge is 2.10. The number of nitrogens with zero attached hydrogens (tertiary/aromatic N) is 2. The minimum Gasteiger partial charge on any atom is -0.365 e. The highest BCUT2D eigenvalue weighted by molar-refractivity contribution is 7.11. The molecule has 0 spiro atoms. The maximum Gasteiger partial charge on any atom is 0.260 e. The molecular formula is C7H11N3OS. The van der Waals surface area contributed by atoms with Crippen LogP contribution in [-0.2, 0) is 7.05 Å². The Balaban J connectivity index is 3.46. The van der Waals surface area contributed by atoms with Crippen LogP contribution in [0.25, 0.3) is 0 Å². The van der Waals surface area contributed by atoms with Gasteiger partial charge < -0.3 is 10.3 Å². The zero-order valence-electron chi connectivity index (χ0n) is 7.29. The maximum atomic E-state index is 10.9. The minimum absolute atomic E-state index is 0.386. The van der Waals surface area contributed by atoms with Crippen LogP contribution in [0, 0.1) is 6.92 Å². The molecular weight excluding hydrogens is 174 g/mol. The van der Waals surface area contributed by atoms with Crippen molar-refractivity contribution in [1.29, 1.82) is 0 Å². The number of nitrogens with two attached hydrogens (primary N) is 1. The predicted octanol–water partition coefficient (Wildman–Crippen LogP) is 0.0244. The smallest absolute Gasteiger partial charge is 0.260 e. The second-order valence-electron chi connectivity index (χ2n) is 2.45. The van der Waals surface area contributed by atoms with Gasteiger partial charge in [0.15, 0.2) is 4.80 Å². The average molecular weight is 185 g/mol. The van der Waals surface area contributed by atoms with Gasteiger partial charge in [0.25, 0.3) is 5.91 Å². The van der Waals surface area contributed by atoms with Crippen LogP contribution in [0.15, 0.2) is 4.99 Å². The van der Waals surface area contributed by atoms with Crippen LogP contribution in [-0.4, -0.2) is 17.5 Å². The normalized spacial score (nSPS) is 12.1. The molecule has 0 radical (unpaired) electrons. The summed E-state index contributed by atoms with van der Waals surface area (Å²) >= 11 is 1.32. The van der Waals surface area contributed by atoms with Crippen molar-refractivity contribution < 1.29 is 4.79 Å². The van der Waals surface area contributed by atoms with Crippen LogP contribution < -0.4 is 10.5 Å². The fraction of sp³-hybridized carbons (Fsp3) is 0.429. The molecule has 0 aromatic carbocycles. The number of carbonyl (C=O) groups excluding carboxylic acids is 1. The van der Waals surface area contributed by atoms with E-state index in [1.165, 1.54) is 11.3 Å². The summed E-state index contributed by atoms with van der Waals surface area (Å²) in [7, 11) is 3.55. The molecule has 1 aromatic heterocycles. The van der Waals surface area contributed by atoms with Gasteiger partial charge in [0.2, 0.25) is 0 Å². The Labute approximate surface area is 74.4 Å². The summed E-state index contributed by atoms with van der Waals surface area (Å²) in [5, 5.41) is 0. The van der Waals surface area contributed by atoms with Gasteiger partial charge in [-0.2, -0.15) is 0 Å². The van der Waals surface area contributed by atoms with Crippen molar-refractivity contribution in [2.45, 2.75) is 6.92 Å². The second kappa shape index (κ2) is 3.10. The molecule has 0 saturated heterocycles. The van der Waals surface area contributed by atoms with Crippen LogP contribution in [0.2, 0.25) is 0 Å². The van der Waals surface area contributed by atoms with Gasteiger partial charge in [-0.05, 0) is 6.92 Å². The summed E-state index contributed by atoms with van der Waals surface area (Å²) in [4.78, 5) is 16.3. The van der Waals surface area contributed by atoms with Crippen molar-refractivity contribution in [2.24, 2.45) is 17.8 Å². The van der Waals surface area contributed by atoms with Gasteiger partial charge in [-0.15, -0.1) is 0 Å². The zero-order chi connectivity index (χ0) is 9.30. The van der Waals surface area contributed by atoms with Gasteiger partial charge in [-0.3, -0.25) is 9.79 Å². The lowest BCUT2D eigenvalue weighted by Crippen LogP contribution is -2.12. The predicted molar refractivity (Wildman–Crippen MR) is 48.0 cm³/mol. The van der Waals surface area contributed by atoms with Gasteiger partial charge in [0, 0.05) is 19.8 Å². The first-order valence-electron chi connectivity index (χ1n) is 3.47. The number of thiazole rings is 1. The quantitative estimate of drug-likeness (QED) is 0.659. The molecule has 0 aliphatic heterocycles. The average Bonchev–Trinajstić information content (AvgIpc) is 2.30. The number of amides is 1. The van der Waals surface area contributed by atoms with Crippen molar-refractivity contribution in [2.75, 3.05) is 7.05 Å². The summed E-state index contributed by atoms with van der Waals surface area (Å²) in [6.45, 7) is 1.85. The standard InChI is InChI=1S/C7H11N3OS/c1-4-5(6(8)11)12-7(9-2)10(4)3/h1-3H3,(H2,8,11). The Morgan fingerprint density at radius 2 is 2.25 bits per heavy atom. The molecule has 4 nitrogen and oxygen atoms in total.